The molecule has 0 radical (unpaired) electrons. The molecule has 0 bridgehead atoms. The number of carbonyl (C=O) groups is 8. The van der Waals surface area contributed by atoms with Crippen LogP contribution >= 0.6 is 0 Å². The highest BCUT2D eigenvalue weighted by Crippen LogP contribution is 2.30. The number of nitrogens with zero attached hydrogens (tertiary/aromatic N) is 4. The van der Waals surface area contributed by atoms with Crippen LogP contribution in [0.15, 0.2) is 34.5 Å². The molecule has 0 saturated heterocycles. The molecule has 1 aliphatic carbocycles. The number of aliphatic hydroxyl groups excluding tert-OH is 3. The molecule has 0 spiro atoms. The summed E-state index contributed by atoms with van der Waals surface area (Å²) in [5.41, 5.74) is 4.04. The number of rotatable bonds is 21. The Morgan fingerprint density at radius 2 is 1.44 bits per heavy atom. The van der Waals surface area contributed by atoms with Crippen LogP contribution in [0.25, 0.3) is 0 Å². The van der Waals surface area contributed by atoms with Crippen LogP contribution in [-0.2, 0) is 67.1 Å². The normalized spacial score (nSPS) is 24.4. The first-order valence-corrected chi connectivity index (χ1v) is 17.3. The predicted molar refractivity (Wildman–Crippen MR) is 176 cm³/mol. The molecule has 7 N–H and O–H groups in total. The van der Waals surface area contributed by atoms with Gasteiger partial charge in [0.15, 0.2) is 12.4 Å². The third kappa shape index (κ3) is 13.8. The Morgan fingerprint density at radius 3 is 1.91 bits per heavy atom. The first-order chi connectivity index (χ1) is 25.9. The Kier molecular flexibility index (Phi) is 16.3. The van der Waals surface area contributed by atoms with E-state index in [1.165, 1.54) is 0 Å². The molecule has 302 valence electrons. The molecule has 55 heavy (non-hydrogen) atoms. The van der Waals surface area contributed by atoms with Crippen molar-refractivity contribution < 1.29 is 85.0 Å². The van der Waals surface area contributed by atoms with E-state index in [1.54, 1.807) is 0 Å². The van der Waals surface area contributed by atoms with E-state index in [9.17, 15) is 62.1 Å². The highest BCUT2D eigenvalue weighted by atomic mass is 32.3. The minimum Gasteiger partial charge on any atom is -0.435 e. The number of imide groups is 2. The molecule has 8 unspecified atom stereocenters. The van der Waals surface area contributed by atoms with Crippen LogP contribution in [0, 0.1) is 5.92 Å². The zero-order valence-corrected chi connectivity index (χ0v) is 29.4. The molecular weight excluding hydrogens is 766 g/mol. The van der Waals surface area contributed by atoms with E-state index >= 15 is 0 Å². The van der Waals surface area contributed by atoms with Crippen molar-refractivity contribution in [1.29, 1.82) is 0 Å². The smallest absolute Gasteiger partial charge is 0.397 e. The fourth-order valence-electron chi connectivity index (χ4n) is 5.12. The summed E-state index contributed by atoms with van der Waals surface area (Å²) in [6, 6.07) is -1.46. The van der Waals surface area contributed by atoms with Crippen molar-refractivity contribution >= 4 is 70.7 Å². The quantitative estimate of drug-likeness (QED) is 0.0142. The standard InChI is InChI=1S/C29H37N7O18S/c1-15(38)32-26-17(39)10-16(13-52-55(48,49)50)27(47)28(26)53-25(12-31-34-20(42)7-9-36-23(45)4-5-24(36)46)54-29(51-14-37)18(40)11-30-33-19(41)6-8-35-21(43)2-3-22(35)44/h2-5,11-12,14,16-18,25-29,39-40,47H,6-10,13H2,1H3,(H,32,38)(H,33,41)(H,34,42)(H,48,49,50)/b30-11+,31-12-. The summed E-state index contributed by atoms with van der Waals surface area (Å²) in [6.07, 6.45) is -7.12. The van der Waals surface area contributed by atoms with Crippen molar-refractivity contribution in [2.24, 2.45) is 16.1 Å². The van der Waals surface area contributed by atoms with Gasteiger partial charge in [0.2, 0.25) is 24.0 Å². The molecule has 0 aromatic heterocycles. The molecule has 1 saturated carbocycles. The SMILES string of the molecule is CC(=O)NC1C(O)CC(COS(=O)(=O)O)C(O)C1OC(/C=N\NC(=O)CCN1C(=O)C=CC1=O)OC(OC=O)C(O)/C=N/NC(=O)CCN1C(=O)C=CC1=O. The second-order valence-corrected chi connectivity index (χ2v) is 12.7. The summed E-state index contributed by atoms with van der Waals surface area (Å²) in [7, 11) is -5.01. The van der Waals surface area contributed by atoms with Gasteiger partial charge < -0.3 is 34.8 Å². The molecule has 1 fully saturated rings. The zero-order chi connectivity index (χ0) is 40.9. The van der Waals surface area contributed by atoms with Gasteiger partial charge in [0.25, 0.3) is 30.1 Å². The van der Waals surface area contributed by atoms with Crippen LogP contribution in [0.1, 0.15) is 26.2 Å². The Bertz CT molecular complexity index is 1680. The maximum absolute atomic E-state index is 12.4. The van der Waals surface area contributed by atoms with Crippen molar-refractivity contribution in [1.82, 2.24) is 26.0 Å². The Hall–Kier alpha value is -5.35. The second kappa shape index (κ2) is 20.4. The fourth-order valence-corrected chi connectivity index (χ4v) is 5.47. The van der Waals surface area contributed by atoms with E-state index in [0.29, 0.717) is 12.4 Å². The van der Waals surface area contributed by atoms with E-state index < -0.39 is 127 Å². The molecule has 2 aliphatic heterocycles. The van der Waals surface area contributed by atoms with Gasteiger partial charge in [-0.1, -0.05) is 0 Å². The number of nitrogens with one attached hydrogen (secondary N) is 3. The van der Waals surface area contributed by atoms with Gasteiger partial charge in [-0.25, -0.2) is 15.0 Å². The first kappa shape index (κ1) is 44.0. The monoisotopic (exact) mass is 803 g/mol. The molecule has 7 amide bonds. The summed E-state index contributed by atoms with van der Waals surface area (Å²) in [6.45, 7) is -0.635. The van der Waals surface area contributed by atoms with Crippen LogP contribution < -0.4 is 16.2 Å². The van der Waals surface area contributed by atoms with Gasteiger partial charge in [-0.15, -0.1) is 0 Å². The van der Waals surface area contributed by atoms with Gasteiger partial charge in [0.1, 0.15) is 6.10 Å². The number of hydrazone groups is 2. The van der Waals surface area contributed by atoms with E-state index in [2.05, 4.69) is 19.7 Å². The van der Waals surface area contributed by atoms with Crippen LogP contribution in [0.5, 0.6) is 0 Å². The predicted octanol–water partition coefficient (Wildman–Crippen LogP) is -5.53. The van der Waals surface area contributed by atoms with Crippen LogP contribution in [0.3, 0.4) is 0 Å². The number of hydrogen-bond acceptors (Lipinski definition) is 19. The van der Waals surface area contributed by atoms with Crippen LogP contribution in [0.2, 0.25) is 0 Å². The van der Waals surface area contributed by atoms with Crippen molar-refractivity contribution in [2.45, 2.75) is 69.2 Å². The lowest BCUT2D eigenvalue weighted by Crippen LogP contribution is -2.63. The number of carbonyl (C=O) groups excluding carboxylic acids is 8. The van der Waals surface area contributed by atoms with Gasteiger partial charge in [0, 0.05) is 63.1 Å². The molecule has 3 aliphatic rings. The summed E-state index contributed by atoms with van der Waals surface area (Å²) in [5.74, 6) is -6.24. The number of ether oxygens (including phenoxy) is 3. The molecule has 3 rings (SSSR count). The van der Waals surface area contributed by atoms with Gasteiger partial charge in [-0.3, -0.25) is 52.7 Å². The van der Waals surface area contributed by atoms with E-state index in [0.717, 1.165) is 41.0 Å². The van der Waals surface area contributed by atoms with Crippen molar-refractivity contribution in [2.75, 3.05) is 19.7 Å². The summed E-state index contributed by atoms with van der Waals surface area (Å²) in [5, 5.41) is 42.1. The second-order valence-electron chi connectivity index (χ2n) is 11.6. The number of aliphatic hydroxyl groups is 3. The number of hydrogen-bond donors (Lipinski definition) is 7. The minimum atomic E-state index is -5.01. The summed E-state index contributed by atoms with van der Waals surface area (Å²) < 4.78 is 51.7. The molecule has 25 nitrogen and oxygen atoms in total. The first-order valence-electron chi connectivity index (χ1n) is 15.9. The highest BCUT2D eigenvalue weighted by molar-refractivity contribution is 7.80. The van der Waals surface area contributed by atoms with E-state index in [-0.39, 0.29) is 19.6 Å². The third-order valence-electron chi connectivity index (χ3n) is 7.69. The van der Waals surface area contributed by atoms with Gasteiger partial charge in [-0.05, 0) is 6.42 Å². The van der Waals surface area contributed by atoms with Crippen molar-refractivity contribution in [3.8, 4) is 0 Å². The van der Waals surface area contributed by atoms with Crippen LogP contribution in [0.4, 0.5) is 0 Å². The number of amides is 7. The summed E-state index contributed by atoms with van der Waals surface area (Å²) >= 11 is 0. The fraction of sp³-hybridized carbons (Fsp3) is 0.517. The Labute approximate surface area is 310 Å². The minimum absolute atomic E-state index is 0.188. The highest BCUT2D eigenvalue weighted by Gasteiger charge is 2.47. The van der Waals surface area contributed by atoms with Gasteiger partial charge in [-0.2, -0.15) is 18.6 Å². The van der Waals surface area contributed by atoms with Crippen molar-refractivity contribution in [3.05, 3.63) is 24.3 Å². The lowest BCUT2D eigenvalue weighted by atomic mass is 9.79. The zero-order valence-electron chi connectivity index (χ0n) is 28.6. The van der Waals surface area contributed by atoms with Crippen molar-refractivity contribution in [3.63, 3.8) is 0 Å². The molecule has 0 aromatic rings. The van der Waals surface area contributed by atoms with Crippen LogP contribution in [-0.4, -0.2) is 161 Å². The Morgan fingerprint density at radius 1 is 0.927 bits per heavy atom. The Balaban J connectivity index is 1.79. The van der Waals surface area contributed by atoms with Gasteiger partial charge >= 0.3 is 10.4 Å². The molecule has 0 aromatic carbocycles. The maximum atomic E-state index is 12.4. The lowest BCUT2D eigenvalue weighted by Gasteiger charge is -2.43. The lowest BCUT2D eigenvalue weighted by molar-refractivity contribution is -0.258. The third-order valence-corrected chi connectivity index (χ3v) is 8.12. The average molecular weight is 804 g/mol. The van der Waals surface area contributed by atoms with E-state index in [1.807, 2.05) is 10.9 Å². The molecule has 2 heterocycles. The molecular formula is C29H37N7O18S. The summed E-state index contributed by atoms with van der Waals surface area (Å²) in [4.78, 5) is 96.3. The largest absolute Gasteiger partial charge is 0.435 e. The molecule has 8 atom stereocenters. The van der Waals surface area contributed by atoms with Gasteiger partial charge in [0.05, 0.1) is 37.3 Å². The molecule has 26 heteroatoms. The average Bonchev–Trinajstić information content (AvgIpc) is 3.61. The van der Waals surface area contributed by atoms with E-state index in [4.69, 9.17) is 18.8 Å². The topological polar surface area (TPSA) is 356 Å². The maximum Gasteiger partial charge on any atom is 0.397 e.